The van der Waals surface area contributed by atoms with Crippen LogP contribution >= 0.6 is 0 Å². The van der Waals surface area contributed by atoms with Crippen molar-refractivity contribution in [1.82, 2.24) is 4.72 Å². The molecular formula is C12H17NO4S. The molecule has 1 saturated heterocycles. The number of hydrogen-bond acceptors (Lipinski definition) is 4. The summed E-state index contributed by atoms with van der Waals surface area (Å²) >= 11 is 0. The van der Waals surface area contributed by atoms with Crippen molar-refractivity contribution in [1.29, 1.82) is 0 Å². The Kier molecular flexibility index (Phi) is 3.89. The SMILES string of the molecule is Cc1ccc(O)c(S(=O)(=O)NC2CCOCC2)c1. The normalized spacial score (nSPS) is 17.8. The van der Waals surface area contributed by atoms with E-state index >= 15 is 0 Å². The fourth-order valence-corrected chi connectivity index (χ4v) is 3.42. The van der Waals surface area contributed by atoms with Crippen molar-refractivity contribution in [2.75, 3.05) is 13.2 Å². The van der Waals surface area contributed by atoms with Crippen LogP contribution in [0.5, 0.6) is 5.75 Å². The van der Waals surface area contributed by atoms with E-state index in [4.69, 9.17) is 4.74 Å². The van der Waals surface area contributed by atoms with Gasteiger partial charge in [0.1, 0.15) is 10.6 Å². The molecule has 100 valence electrons. The van der Waals surface area contributed by atoms with Crippen molar-refractivity contribution >= 4 is 10.0 Å². The van der Waals surface area contributed by atoms with Gasteiger partial charge in [-0.25, -0.2) is 13.1 Å². The van der Waals surface area contributed by atoms with Crippen molar-refractivity contribution in [3.05, 3.63) is 23.8 Å². The monoisotopic (exact) mass is 271 g/mol. The number of sulfonamides is 1. The summed E-state index contributed by atoms with van der Waals surface area (Å²) in [5.74, 6) is -0.222. The van der Waals surface area contributed by atoms with Gasteiger partial charge in [-0.3, -0.25) is 0 Å². The van der Waals surface area contributed by atoms with Crippen molar-refractivity contribution < 1.29 is 18.3 Å². The van der Waals surface area contributed by atoms with Gasteiger partial charge in [-0.1, -0.05) is 6.07 Å². The Hall–Kier alpha value is -1.11. The molecule has 1 aromatic rings. The Balaban J connectivity index is 2.21. The minimum absolute atomic E-state index is 0.0611. The first kappa shape index (κ1) is 13.3. The van der Waals surface area contributed by atoms with Crippen LogP contribution in [0, 0.1) is 6.92 Å². The first-order valence-corrected chi connectivity index (χ1v) is 7.37. The van der Waals surface area contributed by atoms with Crippen LogP contribution in [0.1, 0.15) is 18.4 Å². The van der Waals surface area contributed by atoms with E-state index in [1.165, 1.54) is 12.1 Å². The molecular weight excluding hydrogens is 254 g/mol. The van der Waals surface area contributed by atoms with Crippen molar-refractivity contribution in [3.8, 4) is 5.75 Å². The number of aromatic hydroxyl groups is 1. The lowest BCUT2D eigenvalue weighted by atomic mass is 10.1. The molecule has 2 rings (SSSR count). The molecule has 1 aliphatic heterocycles. The van der Waals surface area contributed by atoms with Crippen LogP contribution in [0.4, 0.5) is 0 Å². The summed E-state index contributed by atoms with van der Waals surface area (Å²) in [6, 6.07) is 4.41. The summed E-state index contributed by atoms with van der Waals surface area (Å²) in [5, 5.41) is 9.66. The highest BCUT2D eigenvalue weighted by atomic mass is 32.2. The molecule has 18 heavy (non-hydrogen) atoms. The Labute approximate surface area is 107 Å². The van der Waals surface area contributed by atoms with Crippen molar-refractivity contribution in [2.24, 2.45) is 0 Å². The smallest absolute Gasteiger partial charge is 0.244 e. The minimum Gasteiger partial charge on any atom is -0.507 e. The molecule has 0 aliphatic carbocycles. The Morgan fingerprint density at radius 3 is 2.67 bits per heavy atom. The summed E-state index contributed by atoms with van der Waals surface area (Å²) in [6.07, 6.45) is 1.32. The molecule has 2 N–H and O–H groups in total. The zero-order chi connectivity index (χ0) is 13.2. The molecule has 1 aromatic carbocycles. The number of phenolic OH excluding ortho intramolecular Hbond substituents is 1. The van der Waals surface area contributed by atoms with Gasteiger partial charge in [-0.2, -0.15) is 0 Å². The average Bonchev–Trinajstić information content (AvgIpc) is 2.33. The summed E-state index contributed by atoms with van der Waals surface area (Å²) < 4.78 is 32.1. The molecule has 0 unspecified atom stereocenters. The molecule has 6 heteroatoms. The highest BCUT2D eigenvalue weighted by Gasteiger charge is 2.24. The minimum atomic E-state index is -3.67. The molecule has 0 bridgehead atoms. The maximum atomic E-state index is 12.2. The average molecular weight is 271 g/mol. The zero-order valence-electron chi connectivity index (χ0n) is 10.2. The highest BCUT2D eigenvalue weighted by Crippen LogP contribution is 2.24. The maximum Gasteiger partial charge on any atom is 0.244 e. The third-order valence-corrected chi connectivity index (χ3v) is 4.50. The second kappa shape index (κ2) is 5.26. The summed E-state index contributed by atoms with van der Waals surface area (Å²) in [6.45, 7) is 2.91. The van der Waals surface area contributed by atoms with Crippen LogP contribution in [0.15, 0.2) is 23.1 Å². The number of aryl methyl sites for hydroxylation is 1. The van der Waals surface area contributed by atoms with Gasteiger partial charge in [0, 0.05) is 19.3 Å². The van der Waals surface area contributed by atoms with Crippen molar-refractivity contribution in [2.45, 2.75) is 30.7 Å². The van der Waals surface area contributed by atoms with E-state index in [0.29, 0.717) is 26.1 Å². The first-order chi connectivity index (χ1) is 8.49. The fourth-order valence-electron chi connectivity index (χ4n) is 1.93. The van der Waals surface area contributed by atoms with E-state index in [0.717, 1.165) is 5.56 Å². The van der Waals surface area contributed by atoms with Crippen LogP contribution < -0.4 is 4.72 Å². The van der Waals surface area contributed by atoms with E-state index in [2.05, 4.69) is 4.72 Å². The number of benzene rings is 1. The van der Waals surface area contributed by atoms with Crippen molar-refractivity contribution in [3.63, 3.8) is 0 Å². The van der Waals surface area contributed by atoms with E-state index in [1.807, 2.05) is 0 Å². The van der Waals surface area contributed by atoms with Crippen LogP contribution in [-0.4, -0.2) is 32.8 Å². The third-order valence-electron chi connectivity index (χ3n) is 2.95. The van der Waals surface area contributed by atoms with E-state index in [1.54, 1.807) is 13.0 Å². The molecule has 1 heterocycles. The second-order valence-corrected chi connectivity index (χ2v) is 6.16. The van der Waals surface area contributed by atoms with Gasteiger partial charge in [0.25, 0.3) is 0 Å². The van der Waals surface area contributed by atoms with Gasteiger partial charge in [0.2, 0.25) is 10.0 Å². The van der Waals surface area contributed by atoms with E-state index in [-0.39, 0.29) is 16.7 Å². The van der Waals surface area contributed by atoms with Gasteiger partial charge in [-0.05, 0) is 37.5 Å². The van der Waals surface area contributed by atoms with Crippen LogP contribution in [-0.2, 0) is 14.8 Å². The number of nitrogens with one attached hydrogen (secondary N) is 1. The molecule has 5 nitrogen and oxygen atoms in total. The molecule has 0 amide bonds. The van der Waals surface area contributed by atoms with Gasteiger partial charge in [-0.15, -0.1) is 0 Å². The van der Waals surface area contributed by atoms with Crippen LogP contribution in [0.2, 0.25) is 0 Å². The topological polar surface area (TPSA) is 75.6 Å². The Morgan fingerprint density at radius 2 is 2.00 bits per heavy atom. The maximum absolute atomic E-state index is 12.2. The predicted molar refractivity (Wildman–Crippen MR) is 67.0 cm³/mol. The van der Waals surface area contributed by atoms with Gasteiger partial charge in [0.05, 0.1) is 0 Å². The molecule has 0 radical (unpaired) electrons. The fraction of sp³-hybridized carbons (Fsp3) is 0.500. The largest absolute Gasteiger partial charge is 0.507 e. The van der Waals surface area contributed by atoms with E-state index in [9.17, 15) is 13.5 Å². The molecule has 0 spiro atoms. The lowest BCUT2D eigenvalue weighted by molar-refractivity contribution is 0.0832. The Bertz CT molecular complexity index is 521. The first-order valence-electron chi connectivity index (χ1n) is 5.89. The van der Waals surface area contributed by atoms with Crippen LogP contribution in [0.3, 0.4) is 0 Å². The second-order valence-electron chi connectivity index (χ2n) is 4.48. The quantitative estimate of drug-likeness (QED) is 0.865. The Morgan fingerprint density at radius 1 is 1.33 bits per heavy atom. The molecule has 0 atom stereocenters. The number of rotatable bonds is 3. The molecule has 1 aliphatic rings. The predicted octanol–water partition coefficient (Wildman–Crippen LogP) is 1.16. The number of phenols is 1. The summed E-state index contributed by atoms with van der Waals surface area (Å²) in [5.41, 5.74) is 0.792. The zero-order valence-corrected chi connectivity index (χ0v) is 11.0. The number of hydrogen-bond donors (Lipinski definition) is 2. The van der Waals surface area contributed by atoms with Gasteiger partial charge < -0.3 is 9.84 Å². The standard InChI is InChI=1S/C12H17NO4S/c1-9-2-3-11(14)12(8-9)18(15,16)13-10-4-6-17-7-5-10/h2-3,8,10,13-14H,4-7H2,1H3. The van der Waals surface area contributed by atoms with E-state index < -0.39 is 10.0 Å². The highest BCUT2D eigenvalue weighted by molar-refractivity contribution is 7.89. The molecule has 0 saturated carbocycles. The van der Waals surface area contributed by atoms with Crippen LogP contribution in [0.25, 0.3) is 0 Å². The molecule has 1 fully saturated rings. The third kappa shape index (κ3) is 3.01. The lowest BCUT2D eigenvalue weighted by Crippen LogP contribution is -2.38. The summed E-state index contributed by atoms with van der Waals surface area (Å²) in [7, 11) is -3.67. The molecule has 0 aromatic heterocycles. The van der Waals surface area contributed by atoms with Gasteiger partial charge in [0.15, 0.2) is 0 Å². The summed E-state index contributed by atoms with van der Waals surface area (Å²) in [4.78, 5) is -0.0611. The van der Waals surface area contributed by atoms with Gasteiger partial charge >= 0.3 is 0 Å². The lowest BCUT2D eigenvalue weighted by Gasteiger charge is -2.23. The number of ether oxygens (including phenoxy) is 1.